The molecule has 0 saturated carbocycles. The minimum Gasteiger partial charge on any atom is -0.368 e. The van der Waals surface area contributed by atoms with Crippen molar-refractivity contribution in [2.24, 2.45) is 0 Å². The molecule has 1 rings (SSSR count). The highest BCUT2D eigenvalue weighted by molar-refractivity contribution is 5.29. The summed E-state index contributed by atoms with van der Waals surface area (Å²) in [6.45, 7) is 3.27. The standard InChI is InChI=1S/C21H40N4/c1-2-3-4-5-6-7-8-9-10-11-12-13-14-15-16-17-19-22-21-18-20-23-25-24-21/h18,20H,2-17,19H2,1H3,(H,22,23,24). The Labute approximate surface area is 155 Å². The van der Waals surface area contributed by atoms with Crippen molar-refractivity contribution < 1.29 is 0 Å². The highest BCUT2D eigenvalue weighted by Gasteiger charge is 1.95. The van der Waals surface area contributed by atoms with E-state index in [0.717, 1.165) is 12.4 Å². The lowest BCUT2D eigenvalue weighted by Crippen LogP contribution is -2.04. The number of aromatic nitrogens is 3. The highest BCUT2D eigenvalue weighted by Crippen LogP contribution is 2.13. The van der Waals surface area contributed by atoms with Crippen molar-refractivity contribution in [2.75, 3.05) is 11.9 Å². The topological polar surface area (TPSA) is 50.7 Å². The predicted octanol–water partition coefficient (Wildman–Crippen LogP) is 6.55. The molecule has 0 amide bonds. The zero-order valence-corrected chi connectivity index (χ0v) is 16.5. The van der Waals surface area contributed by atoms with E-state index in [0.29, 0.717) is 0 Å². The summed E-state index contributed by atoms with van der Waals surface area (Å²) in [5.74, 6) is 0.830. The van der Waals surface area contributed by atoms with E-state index in [-0.39, 0.29) is 0 Å². The van der Waals surface area contributed by atoms with E-state index in [1.165, 1.54) is 103 Å². The van der Waals surface area contributed by atoms with Gasteiger partial charge in [0.05, 0.1) is 6.20 Å². The lowest BCUT2D eigenvalue weighted by Gasteiger charge is -2.05. The molecule has 0 aliphatic rings. The molecule has 0 bridgehead atoms. The van der Waals surface area contributed by atoms with Crippen molar-refractivity contribution >= 4 is 5.82 Å². The Bertz CT molecular complexity index is 369. The van der Waals surface area contributed by atoms with Gasteiger partial charge in [-0.25, -0.2) is 0 Å². The molecule has 4 heteroatoms. The molecular weight excluding hydrogens is 308 g/mol. The van der Waals surface area contributed by atoms with Crippen LogP contribution in [0.25, 0.3) is 0 Å². The molecule has 0 saturated heterocycles. The molecule has 1 N–H and O–H groups in total. The molecule has 0 unspecified atom stereocenters. The Balaban J connectivity index is 1.69. The number of unbranched alkanes of at least 4 members (excludes halogenated alkanes) is 15. The fourth-order valence-electron chi connectivity index (χ4n) is 3.22. The third-order valence-corrected chi connectivity index (χ3v) is 4.84. The summed E-state index contributed by atoms with van der Waals surface area (Å²) in [4.78, 5) is 0. The second kappa shape index (κ2) is 17.6. The minimum atomic E-state index is 0.830. The molecule has 0 aliphatic heterocycles. The maximum atomic E-state index is 3.92. The fraction of sp³-hybridized carbons (Fsp3) is 0.857. The van der Waals surface area contributed by atoms with Gasteiger partial charge >= 0.3 is 0 Å². The molecule has 4 nitrogen and oxygen atoms in total. The molecule has 144 valence electrons. The smallest absolute Gasteiger partial charge is 0.152 e. The van der Waals surface area contributed by atoms with Crippen molar-refractivity contribution in [1.82, 2.24) is 15.4 Å². The Morgan fingerprint density at radius 3 is 1.60 bits per heavy atom. The van der Waals surface area contributed by atoms with Crippen LogP contribution in [0, 0.1) is 0 Å². The number of nitrogens with one attached hydrogen (secondary N) is 1. The van der Waals surface area contributed by atoms with Crippen LogP contribution in [0.2, 0.25) is 0 Å². The third kappa shape index (κ3) is 14.8. The summed E-state index contributed by atoms with van der Waals surface area (Å²) >= 11 is 0. The van der Waals surface area contributed by atoms with Crippen molar-refractivity contribution in [3.63, 3.8) is 0 Å². The monoisotopic (exact) mass is 348 g/mol. The third-order valence-electron chi connectivity index (χ3n) is 4.84. The number of anilines is 1. The normalized spacial score (nSPS) is 10.9. The van der Waals surface area contributed by atoms with Crippen LogP contribution in [0.1, 0.15) is 110 Å². The van der Waals surface area contributed by atoms with E-state index >= 15 is 0 Å². The SMILES string of the molecule is CCCCCCCCCCCCCCCCCCNc1ccnnn1. The van der Waals surface area contributed by atoms with Gasteiger partial charge in [0.2, 0.25) is 0 Å². The van der Waals surface area contributed by atoms with E-state index in [1.807, 2.05) is 6.07 Å². The summed E-state index contributed by atoms with van der Waals surface area (Å²) in [6.07, 6.45) is 24.2. The maximum absolute atomic E-state index is 3.92. The average Bonchev–Trinajstić information content (AvgIpc) is 2.65. The molecule has 0 radical (unpaired) electrons. The zero-order chi connectivity index (χ0) is 17.8. The van der Waals surface area contributed by atoms with Gasteiger partial charge in [0.15, 0.2) is 5.82 Å². The molecule has 1 aromatic heterocycles. The number of rotatable bonds is 18. The van der Waals surface area contributed by atoms with Crippen LogP contribution in [0.15, 0.2) is 12.3 Å². The Morgan fingerprint density at radius 2 is 1.16 bits per heavy atom. The molecule has 0 spiro atoms. The first-order chi connectivity index (χ1) is 12.4. The van der Waals surface area contributed by atoms with Gasteiger partial charge in [0.1, 0.15) is 0 Å². The summed E-state index contributed by atoms with van der Waals surface area (Å²) < 4.78 is 0. The van der Waals surface area contributed by atoms with Crippen LogP contribution >= 0.6 is 0 Å². The lowest BCUT2D eigenvalue weighted by molar-refractivity contribution is 0.530. The predicted molar refractivity (Wildman–Crippen MR) is 108 cm³/mol. The number of nitrogens with zero attached hydrogens (tertiary/aromatic N) is 3. The Kier molecular flexibility index (Phi) is 15.4. The van der Waals surface area contributed by atoms with Crippen LogP contribution in [-0.4, -0.2) is 22.0 Å². The zero-order valence-electron chi connectivity index (χ0n) is 16.5. The molecule has 0 aromatic carbocycles. The Hall–Kier alpha value is -1.19. The first kappa shape index (κ1) is 21.9. The lowest BCUT2D eigenvalue weighted by atomic mass is 10.0. The van der Waals surface area contributed by atoms with Gasteiger partial charge in [-0.15, -0.1) is 10.2 Å². The van der Waals surface area contributed by atoms with Crippen LogP contribution in [-0.2, 0) is 0 Å². The molecule has 25 heavy (non-hydrogen) atoms. The molecule has 0 aliphatic carbocycles. The van der Waals surface area contributed by atoms with Crippen molar-refractivity contribution in [3.05, 3.63) is 12.3 Å². The minimum absolute atomic E-state index is 0.830. The van der Waals surface area contributed by atoms with E-state index in [1.54, 1.807) is 6.20 Å². The molecular formula is C21H40N4. The van der Waals surface area contributed by atoms with E-state index in [2.05, 4.69) is 27.7 Å². The summed E-state index contributed by atoms with van der Waals surface area (Å²) in [5, 5.41) is 14.5. The first-order valence-electron chi connectivity index (χ1n) is 10.8. The van der Waals surface area contributed by atoms with E-state index in [9.17, 15) is 0 Å². The molecule has 0 fully saturated rings. The van der Waals surface area contributed by atoms with Gasteiger partial charge in [-0.05, 0) is 11.6 Å². The van der Waals surface area contributed by atoms with Crippen LogP contribution < -0.4 is 5.32 Å². The van der Waals surface area contributed by atoms with Gasteiger partial charge in [-0.3, -0.25) is 0 Å². The average molecular weight is 349 g/mol. The number of hydrogen-bond acceptors (Lipinski definition) is 4. The summed E-state index contributed by atoms with van der Waals surface area (Å²) in [6, 6.07) is 1.86. The van der Waals surface area contributed by atoms with Crippen molar-refractivity contribution in [1.29, 1.82) is 0 Å². The first-order valence-corrected chi connectivity index (χ1v) is 10.8. The van der Waals surface area contributed by atoms with Gasteiger partial charge in [-0.2, -0.15) is 0 Å². The maximum Gasteiger partial charge on any atom is 0.152 e. The van der Waals surface area contributed by atoms with Gasteiger partial charge in [0, 0.05) is 12.6 Å². The van der Waals surface area contributed by atoms with Crippen LogP contribution in [0.3, 0.4) is 0 Å². The van der Waals surface area contributed by atoms with Crippen LogP contribution in [0.5, 0.6) is 0 Å². The molecule has 0 atom stereocenters. The summed E-state index contributed by atoms with van der Waals surface area (Å²) in [5.41, 5.74) is 0. The molecule has 1 aromatic rings. The fourth-order valence-corrected chi connectivity index (χ4v) is 3.22. The van der Waals surface area contributed by atoms with Crippen molar-refractivity contribution in [3.8, 4) is 0 Å². The van der Waals surface area contributed by atoms with Gasteiger partial charge in [-0.1, -0.05) is 103 Å². The highest BCUT2D eigenvalue weighted by atomic mass is 15.3. The Morgan fingerprint density at radius 1 is 0.680 bits per heavy atom. The van der Waals surface area contributed by atoms with E-state index < -0.39 is 0 Å². The number of hydrogen-bond donors (Lipinski definition) is 1. The largest absolute Gasteiger partial charge is 0.368 e. The van der Waals surface area contributed by atoms with Gasteiger partial charge < -0.3 is 5.32 Å². The van der Waals surface area contributed by atoms with E-state index in [4.69, 9.17) is 0 Å². The second-order valence-corrected chi connectivity index (χ2v) is 7.24. The van der Waals surface area contributed by atoms with Gasteiger partial charge in [0.25, 0.3) is 0 Å². The second-order valence-electron chi connectivity index (χ2n) is 7.24. The van der Waals surface area contributed by atoms with Crippen LogP contribution in [0.4, 0.5) is 5.82 Å². The van der Waals surface area contributed by atoms with Crippen molar-refractivity contribution in [2.45, 2.75) is 110 Å². The summed E-state index contributed by atoms with van der Waals surface area (Å²) in [7, 11) is 0. The molecule has 1 heterocycles. The quantitative estimate of drug-likeness (QED) is 0.306.